The number of carboxylic acid groups (broad SMARTS) is 1. The highest BCUT2D eigenvalue weighted by Crippen LogP contribution is 2.12. The van der Waals surface area contributed by atoms with Crippen LogP contribution in [-0.2, 0) is 14.3 Å². The molecule has 0 spiro atoms. The number of likely N-dealkylation sites (N-methyl/N-ethyl adjacent to an activating group) is 1. The van der Waals surface area contributed by atoms with E-state index in [1.807, 2.05) is 14.0 Å². The maximum atomic E-state index is 11.3. The first-order chi connectivity index (χ1) is 8.73. The molecule has 19 heavy (non-hydrogen) atoms. The molecule has 0 aliphatic heterocycles. The van der Waals surface area contributed by atoms with Crippen molar-refractivity contribution < 1.29 is 23.9 Å². The average molecular weight is 273 g/mol. The molecule has 0 heterocycles. The molecule has 0 aromatic rings. The van der Waals surface area contributed by atoms with Gasteiger partial charge in [0.2, 0.25) is 0 Å². The fourth-order valence-corrected chi connectivity index (χ4v) is 1.58. The van der Waals surface area contributed by atoms with Crippen LogP contribution in [0.25, 0.3) is 0 Å². The molecular formula is C13H25N2O4+. The molecule has 110 valence electrons. The fraction of sp³-hybridized carbons (Fsp3) is 0.692. The van der Waals surface area contributed by atoms with Gasteiger partial charge in [0.15, 0.2) is 0 Å². The Kier molecular flexibility index (Phi) is 7.33. The van der Waals surface area contributed by atoms with Gasteiger partial charge in [0, 0.05) is 12.0 Å². The van der Waals surface area contributed by atoms with E-state index in [-0.39, 0.29) is 19.1 Å². The maximum absolute atomic E-state index is 11.3. The molecule has 0 aliphatic carbocycles. The quantitative estimate of drug-likeness (QED) is 0.280. The SMILES string of the molecule is C=C(C)C(=O)OCC(C)[N+](C)(CN)CCCC(=O)O. The van der Waals surface area contributed by atoms with Crippen LogP contribution in [0, 0.1) is 0 Å². The maximum Gasteiger partial charge on any atom is 0.333 e. The summed E-state index contributed by atoms with van der Waals surface area (Å²) in [6, 6.07) is 0.00194. The monoisotopic (exact) mass is 273 g/mol. The van der Waals surface area contributed by atoms with Gasteiger partial charge >= 0.3 is 11.9 Å². The summed E-state index contributed by atoms with van der Waals surface area (Å²) in [6.07, 6.45) is 0.661. The lowest BCUT2D eigenvalue weighted by Crippen LogP contribution is -2.56. The Balaban J connectivity index is 4.34. The van der Waals surface area contributed by atoms with Gasteiger partial charge in [-0.2, -0.15) is 0 Å². The summed E-state index contributed by atoms with van der Waals surface area (Å²) in [5, 5.41) is 8.64. The van der Waals surface area contributed by atoms with Gasteiger partial charge in [0.1, 0.15) is 19.3 Å². The highest BCUT2D eigenvalue weighted by Gasteiger charge is 2.28. The Bertz CT molecular complexity index is 344. The van der Waals surface area contributed by atoms with Gasteiger partial charge < -0.3 is 14.3 Å². The van der Waals surface area contributed by atoms with Crippen molar-refractivity contribution >= 4 is 11.9 Å². The molecule has 0 saturated carbocycles. The van der Waals surface area contributed by atoms with Gasteiger partial charge in [-0.05, 0) is 13.8 Å². The summed E-state index contributed by atoms with van der Waals surface area (Å²) < 4.78 is 5.58. The summed E-state index contributed by atoms with van der Waals surface area (Å²) in [5.41, 5.74) is 6.12. The fourth-order valence-electron chi connectivity index (χ4n) is 1.58. The summed E-state index contributed by atoms with van der Waals surface area (Å²) >= 11 is 0. The van der Waals surface area contributed by atoms with E-state index in [0.29, 0.717) is 29.7 Å². The number of carbonyl (C=O) groups is 2. The average Bonchev–Trinajstić information content (AvgIpc) is 2.34. The zero-order valence-electron chi connectivity index (χ0n) is 12.0. The lowest BCUT2D eigenvalue weighted by molar-refractivity contribution is -0.931. The van der Waals surface area contributed by atoms with E-state index >= 15 is 0 Å². The normalized spacial score (nSPS) is 15.4. The van der Waals surface area contributed by atoms with Crippen LogP contribution in [0.5, 0.6) is 0 Å². The Morgan fingerprint density at radius 1 is 1.47 bits per heavy atom. The molecule has 0 saturated heterocycles. The smallest absolute Gasteiger partial charge is 0.333 e. The molecule has 2 atom stereocenters. The summed E-state index contributed by atoms with van der Waals surface area (Å²) in [4.78, 5) is 21.8. The third-order valence-corrected chi connectivity index (χ3v) is 3.34. The summed E-state index contributed by atoms with van der Waals surface area (Å²) in [5.74, 6) is -1.23. The third-order valence-electron chi connectivity index (χ3n) is 3.34. The number of quaternary nitrogens is 1. The van der Waals surface area contributed by atoms with Crippen LogP contribution in [0.4, 0.5) is 0 Å². The summed E-state index contributed by atoms with van der Waals surface area (Å²) in [6.45, 7) is 8.28. The van der Waals surface area contributed by atoms with Crippen LogP contribution in [0.15, 0.2) is 12.2 Å². The van der Waals surface area contributed by atoms with Crippen molar-refractivity contribution in [1.29, 1.82) is 0 Å². The van der Waals surface area contributed by atoms with Crippen LogP contribution in [0.3, 0.4) is 0 Å². The first-order valence-corrected chi connectivity index (χ1v) is 6.31. The molecule has 3 N–H and O–H groups in total. The lowest BCUT2D eigenvalue weighted by Gasteiger charge is -2.38. The largest absolute Gasteiger partial charge is 0.481 e. The zero-order valence-corrected chi connectivity index (χ0v) is 12.0. The van der Waals surface area contributed by atoms with Crippen LogP contribution in [0.1, 0.15) is 26.7 Å². The standard InChI is InChI=1S/C13H24N2O4/c1-10(2)13(18)19-8-11(3)15(4,9-14)7-5-6-12(16)17/h11H,1,5-9,14H2,2-4H3/p+1. The number of hydrogen-bond acceptors (Lipinski definition) is 4. The topological polar surface area (TPSA) is 89.6 Å². The molecule has 0 aliphatic rings. The molecule has 0 rings (SSSR count). The van der Waals surface area contributed by atoms with Crippen molar-refractivity contribution in [1.82, 2.24) is 0 Å². The van der Waals surface area contributed by atoms with Gasteiger partial charge in [0.05, 0.1) is 20.0 Å². The van der Waals surface area contributed by atoms with E-state index in [1.165, 1.54) is 0 Å². The molecule has 6 nitrogen and oxygen atoms in total. The number of rotatable bonds is 9. The zero-order chi connectivity index (χ0) is 15.1. The molecule has 0 fully saturated rings. The second-order valence-electron chi connectivity index (χ2n) is 5.11. The Hall–Kier alpha value is -1.40. The number of carboxylic acids is 1. The highest BCUT2D eigenvalue weighted by atomic mass is 16.5. The number of carbonyl (C=O) groups excluding carboxylic acids is 1. The Labute approximate surface area is 114 Å². The minimum absolute atomic E-state index is 0.00194. The van der Waals surface area contributed by atoms with Crippen molar-refractivity contribution in [2.75, 3.05) is 26.9 Å². The number of esters is 1. The van der Waals surface area contributed by atoms with Gasteiger partial charge in [-0.3, -0.25) is 10.5 Å². The van der Waals surface area contributed by atoms with Crippen LogP contribution in [-0.4, -0.2) is 54.4 Å². The number of ether oxygens (including phenoxy) is 1. The van der Waals surface area contributed by atoms with Gasteiger partial charge in [-0.15, -0.1) is 0 Å². The molecule has 0 bridgehead atoms. The molecule has 2 unspecified atom stereocenters. The third kappa shape index (κ3) is 6.35. The molecule has 6 heteroatoms. The van der Waals surface area contributed by atoms with Crippen LogP contribution >= 0.6 is 0 Å². The Morgan fingerprint density at radius 3 is 2.47 bits per heavy atom. The van der Waals surface area contributed by atoms with E-state index < -0.39 is 11.9 Å². The van der Waals surface area contributed by atoms with Gasteiger partial charge in [0.25, 0.3) is 0 Å². The van der Waals surface area contributed by atoms with Crippen molar-refractivity contribution in [3.8, 4) is 0 Å². The predicted molar refractivity (Wildman–Crippen MR) is 72.2 cm³/mol. The van der Waals surface area contributed by atoms with Crippen molar-refractivity contribution in [2.24, 2.45) is 5.73 Å². The molecule has 0 aromatic heterocycles. The first kappa shape index (κ1) is 17.6. The Morgan fingerprint density at radius 2 is 2.05 bits per heavy atom. The minimum Gasteiger partial charge on any atom is -0.481 e. The van der Waals surface area contributed by atoms with Crippen molar-refractivity contribution in [3.05, 3.63) is 12.2 Å². The van der Waals surface area contributed by atoms with Gasteiger partial charge in [-0.25, -0.2) is 4.79 Å². The number of aliphatic carboxylic acids is 1. The molecular weight excluding hydrogens is 248 g/mol. The van der Waals surface area contributed by atoms with E-state index in [1.54, 1.807) is 6.92 Å². The second kappa shape index (κ2) is 7.91. The van der Waals surface area contributed by atoms with Crippen LogP contribution in [0.2, 0.25) is 0 Å². The lowest BCUT2D eigenvalue weighted by atomic mass is 10.2. The molecule has 0 radical (unpaired) electrons. The number of nitrogens with two attached hydrogens (primary N) is 1. The van der Waals surface area contributed by atoms with Crippen molar-refractivity contribution in [2.45, 2.75) is 32.7 Å². The first-order valence-electron chi connectivity index (χ1n) is 6.31. The van der Waals surface area contributed by atoms with E-state index in [4.69, 9.17) is 15.6 Å². The van der Waals surface area contributed by atoms with E-state index in [9.17, 15) is 9.59 Å². The highest BCUT2D eigenvalue weighted by molar-refractivity contribution is 5.86. The van der Waals surface area contributed by atoms with E-state index in [0.717, 1.165) is 0 Å². The second-order valence-corrected chi connectivity index (χ2v) is 5.11. The molecule has 0 amide bonds. The number of nitrogens with zero attached hydrogens (tertiary/aromatic N) is 1. The summed E-state index contributed by atoms with van der Waals surface area (Å²) in [7, 11) is 1.93. The number of hydrogen-bond donors (Lipinski definition) is 2. The minimum atomic E-state index is -0.815. The van der Waals surface area contributed by atoms with Crippen LogP contribution < -0.4 is 5.73 Å². The molecule has 0 aromatic carbocycles. The van der Waals surface area contributed by atoms with E-state index in [2.05, 4.69) is 6.58 Å². The van der Waals surface area contributed by atoms with Crippen molar-refractivity contribution in [3.63, 3.8) is 0 Å². The van der Waals surface area contributed by atoms with Gasteiger partial charge in [-0.1, -0.05) is 6.58 Å². The predicted octanol–water partition coefficient (Wildman–Crippen LogP) is 0.722.